The molecule has 0 bridgehead atoms. The molecule has 3 rings (SSSR count). The van der Waals surface area contributed by atoms with Crippen LogP contribution < -0.4 is 4.74 Å². The van der Waals surface area contributed by atoms with Crippen molar-refractivity contribution in [3.8, 4) is 5.75 Å². The Balaban J connectivity index is 2.21. The Hall–Kier alpha value is -1.57. The van der Waals surface area contributed by atoms with Gasteiger partial charge in [0.2, 0.25) is 0 Å². The van der Waals surface area contributed by atoms with Gasteiger partial charge in [0.05, 0.1) is 6.61 Å². The maximum Gasteiger partial charge on any atom is 0.156 e. The van der Waals surface area contributed by atoms with E-state index in [1.54, 1.807) is 6.08 Å². The number of allylic oxidation sites excluding steroid dienone is 1. The van der Waals surface area contributed by atoms with Gasteiger partial charge < -0.3 is 4.74 Å². The van der Waals surface area contributed by atoms with Gasteiger partial charge in [-0.15, -0.1) is 0 Å². The highest BCUT2D eigenvalue weighted by molar-refractivity contribution is 6.03. The standard InChI is InChI=1S/C14H14O2/c1-8-3-9(2)14-13(4-8)12-6-11(15)5-10(12)7-16-14/h3-4,6,10H,5,7H2,1-2H3. The SMILES string of the molecule is Cc1cc(C)c2c(c1)C1=CC(=O)CC1CO2. The molecule has 0 N–H and O–H groups in total. The average Bonchev–Trinajstić information content (AvgIpc) is 2.58. The molecular weight excluding hydrogens is 200 g/mol. The third-order valence-electron chi connectivity index (χ3n) is 3.36. The number of ether oxygens (including phenoxy) is 1. The van der Waals surface area contributed by atoms with Crippen molar-refractivity contribution in [2.45, 2.75) is 20.3 Å². The zero-order valence-corrected chi connectivity index (χ0v) is 9.54. The number of hydrogen-bond donors (Lipinski definition) is 0. The van der Waals surface area contributed by atoms with Gasteiger partial charge in [-0.3, -0.25) is 4.79 Å². The topological polar surface area (TPSA) is 26.3 Å². The molecule has 0 aromatic heterocycles. The molecule has 2 nitrogen and oxygen atoms in total. The lowest BCUT2D eigenvalue weighted by Crippen LogP contribution is -2.18. The van der Waals surface area contributed by atoms with Crippen molar-refractivity contribution in [3.05, 3.63) is 34.9 Å². The van der Waals surface area contributed by atoms with E-state index >= 15 is 0 Å². The second-order valence-electron chi connectivity index (χ2n) is 4.74. The summed E-state index contributed by atoms with van der Waals surface area (Å²) in [6.45, 7) is 4.78. The van der Waals surface area contributed by atoms with E-state index in [1.807, 2.05) is 0 Å². The number of aryl methyl sites for hydroxylation is 2. The zero-order chi connectivity index (χ0) is 11.3. The molecule has 0 radical (unpaired) electrons. The molecule has 1 heterocycles. The van der Waals surface area contributed by atoms with Crippen molar-refractivity contribution in [1.82, 2.24) is 0 Å². The van der Waals surface area contributed by atoms with E-state index in [1.165, 1.54) is 11.1 Å². The van der Waals surface area contributed by atoms with E-state index in [9.17, 15) is 4.79 Å². The van der Waals surface area contributed by atoms with Crippen molar-refractivity contribution in [2.75, 3.05) is 6.61 Å². The maximum atomic E-state index is 11.5. The lowest BCUT2D eigenvalue weighted by Gasteiger charge is -2.26. The van der Waals surface area contributed by atoms with Gasteiger partial charge in [-0.05, 0) is 42.7 Å². The number of benzene rings is 1. The van der Waals surface area contributed by atoms with Crippen molar-refractivity contribution < 1.29 is 9.53 Å². The average molecular weight is 214 g/mol. The van der Waals surface area contributed by atoms with Crippen LogP contribution in [0.1, 0.15) is 23.1 Å². The summed E-state index contributed by atoms with van der Waals surface area (Å²) in [5, 5.41) is 0. The summed E-state index contributed by atoms with van der Waals surface area (Å²) in [6, 6.07) is 4.25. The first kappa shape index (κ1) is 9.64. The van der Waals surface area contributed by atoms with E-state index in [2.05, 4.69) is 26.0 Å². The van der Waals surface area contributed by atoms with Crippen LogP contribution in [-0.4, -0.2) is 12.4 Å². The van der Waals surface area contributed by atoms with Crippen LogP contribution in [0.15, 0.2) is 18.2 Å². The van der Waals surface area contributed by atoms with Gasteiger partial charge in [0.25, 0.3) is 0 Å². The number of fused-ring (bicyclic) bond motifs is 3. The number of hydrogen-bond acceptors (Lipinski definition) is 2. The molecule has 1 aromatic rings. The van der Waals surface area contributed by atoms with Gasteiger partial charge in [0, 0.05) is 17.9 Å². The van der Waals surface area contributed by atoms with Gasteiger partial charge in [-0.25, -0.2) is 0 Å². The fourth-order valence-electron chi connectivity index (χ4n) is 2.69. The van der Waals surface area contributed by atoms with Crippen molar-refractivity contribution in [1.29, 1.82) is 0 Å². The second kappa shape index (κ2) is 3.21. The first-order valence-electron chi connectivity index (χ1n) is 5.64. The number of rotatable bonds is 0. The summed E-state index contributed by atoms with van der Waals surface area (Å²) in [5.74, 6) is 1.47. The Labute approximate surface area is 94.9 Å². The van der Waals surface area contributed by atoms with E-state index in [-0.39, 0.29) is 11.7 Å². The van der Waals surface area contributed by atoms with E-state index in [0.717, 1.165) is 16.9 Å². The monoisotopic (exact) mass is 214 g/mol. The first-order valence-corrected chi connectivity index (χ1v) is 5.64. The molecule has 0 fully saturated rings. The minimum atomic E-state index is 0.232. The highest BCUT2D eigenvalue weighted by Gasteiger charge is 2.32. The minimum absolute atomic E-state index is 0.232. The number of ketones is 1. The summed E-state index contributed by atoms with van der Waals surface area (Å²) in [4.78, 5) is 11.5. The molecule has 1 unspecified atom stereocenters. The quantitative estimate of drug-likeness (QED) is 0.663. The Bertz CT molecular complexity index is 512. The third-order valence-corrected chi connectivity index (χ3v) is 3.36. The highest BCUT2D eigenvalue weighted by atomic mass is 16.5. The Kier molecular flexibility index (Phi) is 1.93. The fourth-order valence-corrected chi connectivity index (χ4v) is 2.69. The molecule has 0 spiro atoms. The van der Waals surface area contributed by atoms with Crippen LogP contribution in [0, 0.1) is 19.8 Å². The normalized spacial score (nSPS) is 22.2. The lowest BCUT2D eigenvalue weighted by molar-refractivity contribution is -0.114. The van der Waals surface area contributed by atoms with Crippen LogP contribution in [0.25, 0.3) is 5.57 Å². The molecule has 0 saturated carbocycles. The van der Waals surface area contributed by atoms with E-state index < -0.39 is 0 Å². The maximum absolute atomic E-state index is 11.5. The van der Waals surface area contributed by atoms with Crippen LogP contribution in [0.2, 0.25) is 0 Å². The first-order chi connectivity index (χ1) is 7.65. The molecule has 1 atom stereocenters. The molecule has 82 valence electrons. The van der Waals surface area contributed by atoms with Crippen LogP contribution >= 0.6 is 0 Å². The van der Waals surface area contributed by atoms with E-state index in [0.29, 0.717) is 13.0 Å². The third kappa shape index (κ3) is 1.29. The molecule has 0 saturated heterocycles. The summed E-state index contributed by atoms with van der Waals surface area (Å²) < 4.78 is 5.78. The van der Waals surface area contributed by atoms with Crippen molar-refractivity contribution >= 4 is 11.4 Å². The van der Waals surface area contributed by atoms with Crippen LogP contribution in [0.4, 0.5) is 0 Å². The summed E-state index contributed by atoms with van der Waals surface area (Å²) >= 11 is 0. The zero-order valence-electron chi connectivity index (χ0n) is 9.54. The molecule has 1 aliphatic heterocycles. The van der Waals surface area contributed by atoms with Crippen molar-refractivity contribution in [2.24, 2.45) is 5.92 Å². The predicted molar refractivity (Wildman–Crippen MR) is 62.5 cm³/mol. The Morgan fingerprint density at radius 1 is 1.31 bits per heavy atom. The Morgan fingerprint density at radius 2 is 2.12 bits per heavy atom. The van der Waals surface area contributed by atoms with Gasteiger partial charge in [0.1, 0.15) is 5.75 Å². The van der Waals surface area contributed by atoms with Crippen LogP contribution in [-0.2, 0) is 4.79 Å². The van der Waals surface area contributed by atoms with Gasteiger partial charge in [-0.2, -0.15) is 0 Å². The smallest absolute Gasteiger partial charge is 0.156 e. The highest BCUT2D eigenvalue weighted by Crippen LogP contribution is 2.43. The van der Waals surface area contributed by atoms with Crippen LogP contribution in [0.5, 0.6) is 5.75 Å². The van der Waals surface area contributed by atoms with E-state index in [4.69, 9.17) is 4.74 Å². The molecule has 1 aliphatic carbocycles. The number of carbonyl (C=O) groups is 1. The molecule has 16 heavy (non-hydrogen) atoms. The molecular formula is C14H14O2. The second-order valence-corrected chi connectivity index (χ2v) is 4.74. The lowest BCUT2D eigenvalue weighted by atomic mass is 9.90. The van der Waals surface area contributed by atoms with Crippen LogP contribution in [0.3, 0.4) is 0 Å². The Morgan fingerprint density at radius 3 is 2.94 bits per heavy atom. The molecule has 2 heteroatoms. The summed E-state index contributed by atoms with van der Waals surface area (Å²) in [5.41, 5.74) is 4.69. The van der Waals surface area contributed by atoms with Gasteiger partial charge >= 0.3 is 0 Å². The van der Waals surface area contributed by atoms with Gasteiger partial charge in [-0.1, -0.05) is 6.07 Å². The molecule has 2 aliphatic rings. The largest absolute Gasteiger partial charge is 0.492 e. The molecule has 0 amide bonds. The number of carbonyl (C=O) groups excluding carboxylic acids is 1. The fraction of sp³-hybridized carbons (Fsp3) is 0.357. The summed E-state index contributed by atoms with van der Waals surface area (Å²) in [6.07, 6.45) is 2.41. The summed E-state index contributed by atoms with van der Waals surface area (Å²) in [7, 11) is 0. The predicted octanol–water partition coefficient (Wildman–Crippen LogP) is 2.67. The minimum Gasteiger partial charge on any atom is -0.492 e. The molecule has 1 aromatic carbocycles. The van der Waals surface area contributed by atoms with Gasteiger partial charge in [0.15, 0.2) is 5.78 Å². The van der Waals surface area contributed by atoms with Crippen molar-refractivity contribution in [3.63, 3.8) is 0 Å².